The van der Waals surface area contributed by atoms with Crippen molar-refractivity contribution in [1.82, 2.24) is 4.90 Å². The Bertz CT molecular complexity index is 799. The van der Waals surface area contributed by atoms with Gasteiger partial charge in [-0.2, -0.15) is 0 Å². The van der Waals surface area contributed by atoms with Crippen molar-refractivity contribution in [3.8, 4) is 0 Å². The number of benzene rings is 2. The molecule has 2 aromatic rings. The Labute approximate surface area is 157 Å². The number of hydrogen-bond acceptors (Lipinski definition) is 3. The number of allylic oxidation sites excluding steroid dienone is 1. The average Bonchev–Trinajstić information content (AvgIpc) is 2.64. The maximum atomic E-state index is 13.9. The van der Waals surface area contributed by atoms with Gasteiger partial charge in [-0.15, -0.1) is 0 Å². The number of hydrogen-bond donors (Lipinski definition) is 1. The number of carbonyl (C=O) groups is 1. The number of piperazine rings is 1. The lowest BCUT2D eigenvalue weighted by Gasteiger charge is -2.37. The molecular formula is C20H21ClFN3O. The summed E-state index contributed by atoms with van der Waals surface area (Å²) < 4.78 is 13.9. The van der Waals surface area contributed by atoms with Crippen molar-refractivity contribution in [2.24, 2.45) is 0 Å². The first-order valence-corrected chi connectivity index (χ1v) is 8.90. The fourth-order valence-corrected chi connectivity index (χ4v) is 3.13. The predicted octanol–water partition coefficient (Wildman–Crippen LogP) is 4.14. The molecule has 0 aliphatic carbocycles. The maximum Gasteiger partial charge on any atom is 0.250 e. The van der Waals surface area contributed by atoms with Crippen molar-refractivity contribution in [2.45, 2.75) is 6.92 Å². The Morgan fingerprint density at radius 3 is 2.38 bits per heavy atom. The van der Waals surface area contributed by atoms with Gasteiger partial charge >= 0.3 is 0 Å². The fraction of sp³-hybridized carbons (Fsp3) is 0.250. The van der Waals surface area contributed by atoms with Crippen LogP contribution in [0.3, 0.4) is 0 Å². The van der Waals surface area contributed by atoms with Crippen LogP contribution in [0.2, 0.25) is 5.02 Å². The molecule has 136 valence electrons. The smallest absolute Gasteiger partial charge is 0.250 e. The summed E-state index contributed by atoms with van der Waals surface area (Å²) in [7, 11) is 0. The summed E-state index contributed by atoms with van der Waals surface area (Å²) in [4.78, 5) is 16.3. The van der Waals surface area contributed by atoms with Gasteiger partial charge in [-0.05, 0) is 43.3 Å². The van der Waals surface area contributed by atoms with E-state index in [4.69, 9.17) is 11.6 Å². The van der Waals surface area contributed by atoms with Gasteiger partial charge in [0.1, 0.15) is 5.82 Å². The lowest BCUT2D eigenvalue weighted by molar-refractivity contribution is -0.112. The van der Waals surface area contributed by atoms with E-state index in [2.05, 4.69) is 10.2 Å². The summed E-state index contributed by atoms with van der Waals surface area (Å²) in [5.74, 6) is -0.378. The fourth-order valence-electron chi connectivity index (χ4n) is 3.00. The number of anilines is 2. The summed E-state index contributed by atoms with van der Waals surface area (Å²) in [6.07, 6.45) is 1.59. The second kappa shape index (κ2) is 8.23. The van der Waals surface area contributed by atoms with Gasteiger partial charge < -0.3 is 15.1 Å². The normalized spacial score (nSPS) is 15.1. The zero-order valence-corrected chi connectivity index (χ0v) is 15.3. The highest BCUT2D eigenvalue weighted by atomic mass is 35.5. The average molecular weight is 374 g/mol. The molecule has 1 fully saturated rings. The molecule has 0 radical (unpaired) electrons. The predicted molar refractivity (Wildman–Crippen MR) is 104 cm³/mol. The molecule has 3 rings (SSSR count). The lowest BCUT2D eigenvalue weighted by atomic mass is 10.2. The summed E-state index contributed by atoms with van der Waals surface area (Å²) in [5, 5.41) is 3.45. The zero-order chi connectivity index (χ0) is 18.5. The molecule has 0 bridgehead atoms. The first kappa shape index (κ1) is 18.3. The van der Waals surface area contributed by atoms with E-state index in [9.17, 15) is 9.18 Å². The SMILES string of the molecule is C/C(=C\C(=O)Nc1ccc(Cl)cc1)N1CCN(c2ccccc2F)CC1. The lowest BCUT2D eigenvalue weighted by Crippen LogP contribution is -2.46. The van der Waals surface area contributed by atoms with Crippen molar-refractivity contribution in [3.63, 3.8) is 0 Å². The number of amides is 1. The molecule has 4 nitrogen and oxygen atoms in total. The quantitative estimate of drug-likeness (QED) is 0.818. The van der Waals surface area contributed by atoms with Gasteiger partial charge in [0.2, 0.25) is 5.91 Å². The first-order chi connectivity index (χ1) is 12.5. The van der Waals surface area contributed by atoms with Gasteiger partial charge in [0.25, 0.3) is 0 Å². The van der Waals surface area contributed by atoms with Gasteiger partial charge in [-0.25, -0.2) is 4.39 Å². The largest absolute Gasteiger partial charge is 0.371 e. The van der Waals surface area contributed by atoms with Crippen LogP contribution in [0.5, 0.6) is 0 Å². The van der Waals surface area contributed by atoms with Crippen LogP contribution in [0.15, 0.2) is 60.3 Å². The number of rotatable bonds is 4. The van der Waals surface area contributed by atoms with Crippen molar-refractivity contribution in [3.05, 3.63) is 71.1 Å². The van der Waals surface area contributed by atoms with Crippen molar-refractivity contribution < 1.29 is 9.18 Å². The van der Waals surface area contributed by atoms with Gasteiger partial charge in [0, 0.05) is 48.7 Å². The number of halogens is 2. The maximum absolute atomic E-state index is 13.9. The number of carbonyl (C=O) groups excluding carboxylic acids is 1. The number of nitrogens with zero attached hydrogens (tertiary/aromatic N) is 2. The highest BCUT2D eigenvalue weighted by Gasteiger charge is 2.19. The summed E-state index contributed by atoms with van der Waals surface area (Å²) in [6.45, 7) is 4.83. The summed E-state index contributed by atoms with van der Waals surface area (Å²) in [5.41, 5.74) is 2.23. The standard InChI is InChI=1S/C20H21ClFN3O/c1-15(14-20(26)23-17-8-6-16(21)7-9-17)24-10-12-25(13-11-24)19-5-3-2-4-18(19)22/h2-9,14H,10-13H2,1H3,(H,23,26)/b15-14+. The molecular weight excluding hydrogens is 353 g/mol. The van der Waals surface area contributed by atoms with Crippen LogP contribution in [-0.2, 0) is 4.79 Å². The number of para-hydroxylation sites is 1. The minimum atomic E-state index is -0.199. The Kier molecular flexibility index (Phi) is 5.78. The molecule has 1 heterocycles. The van der Waals surface area contributed by atoms with E-state index in [0.29, 0.717) is 29.5 Å². The third-order valence-electron chi connectivity index (χ3n) is 4.42. The Morgan fingerprint density at radius 2 is 1.73 bits per heavy atom. The molecule has 1 aliphatic heterocycles. The van der Waals surface area contributed by atoms with Gasteiger partial charge in [0.05, 0.1) is 5.69 Å². The molecule has 26 heavy (non-hydrogen) atoms. The third-order valence-corrected chi connectivity index (χ3v) is 4.68. The molecule has 0 unspecified atom stereocenters. The minimum Gasteiger partial charge on any atom is -0.371 e. The third kappa shape index (κ3) is 4.55. The Morgan fingerprint density at radius 1 is 1.08 bits per heavy atom. The highest BCUT2D eigenvalue weighted by Crippen LogP contribution is 2.21. The van der Waals surface area contributed by atoms with Crippen molar-refractivity contribution >= 4 is 28.9 Å². The molecule has 1 amide bonds. The first-order valence-electron chi connectivity index (χ1n) is 8.52. The molecule has 0 saturated carbocycles. The Balaban J connectivity index is 1.56. The van der Waals surface area contributed by atoms with Crippen molar-refractivity contribution in [1.29, 1.82) is 0 Å². The zero-order valence-electron chi connectivity index (χ0n) is 14.6. The monoisotopic (exact) mass is 373 g/mol. The summed E-state index contributed by atoms with van der Waals surface area (Å²) in [6, 6.07) is 13.8. The van der Waals surface area contributed by atoms with E-state index in [1.54, 1.807) is 42.5 Å². The second-order valence-electron chi connectivity index (χ2n) is 6.21. The molecule has 2 aromatic carbocycles. The van der Waals surface area contributed by atoms with E-state index >= 15 is 0 Å². The summed E-state index contributed by atoms with van der Waals surface area (Å²) >= 11 is 5.84. The molecule has 0 aromatic heterocycles. The van der Waals surface area contributed by atoms with Crippen LogP contribution >= 0.6 is 11.6 Å². The highest BCUT2D eigenvalue weighted by molar-refractivity contribution is 6.30. The van der Waals surface area contributed by atoms with Gasteiger partial charge in [-0.1, -0.05) is 23.7 Å². The van der Waals surface area contributed by atoms with E-state index in [1.165, 1.54) is 6.07 Å². The topological polar surface area (TPSA) is 35.6 Å². The molecule has 1 N–H and O–H groups in total. The van der Waals surface area contributed by atoms with E-state index < -0.39 is 0 Å². The van der Waals surface area contributed by atoms with Gasteiger partial charge in [-0.3, -0.25) is 4.79 Å². The van der Waals surface area contributed by atoms with Crippen LogP contribution in [0.25, 0.3) is 0 Å². The molecule has 1 aliphatic rings. The molecule has 0 atom stereocenters. The van der Waals surface area contributed by atoms with Crippen LogP contribution in [0.4, 0.5) is 15.8 Å². The minimum absolute atomic E-state index is 0.179. The van der Waals surface area contributed by atoms with Crippen molar-refractivity contribution in [2.75, 3.05) is 36.4 Å². The van der Waals surface area contributed by atoms with E-state index in [0.717, 1.165) is 18.8 Å². The van der Waals surface area contributed by atoms with E-state index in [1.807, 2.05) is 17.9 Å². The molecule has 6 heteroatoms. The Hall–Kier alpha value is -2.53. The molecule has 1 saturated heterocycles. The number of nitrogens with one attached hydrogen (secondary N) is 1. The van der Waals surface area contributed by atoms with Crippen LogP contribution in [-0.4, -0.2) is 37.0 Å². The van der Waals surface area contributed by atoms with Crippen LogP contribution in [0, 0.1) is 5.82 Å². The van der Waals surface area contributed by atoms with E-state index in [-0.39, 0.29) is 11.7 Å². The van der Waals surface area contributed by atoms with Crippen LogP contribution in [0.1, 0.15) is 6.92 Å². The second-order valence-corrected chi connectivity index (χ2v) is 6.64. The van der Waals surface area contributed by atoms with Gasteiger partial charge in [0.15, 0.2) is 0 Å². The van der Waals surface area contributed by atoms with Crippen LogP contribution < -0.4 is 10.2 Å². The molecule has 0 spiro atoms.